The van der Waals surface area contributed by atoms with Crippen molar-refractivity contribution in [2.24, 2.45) is 5.92 Å². The molecule has 2 amide bonds. The van der Waals surface area contributed by atoms with Crippen LogP contribution in [-0.2, 0) is 9.59 Å². The molecule has 1 atom stereocenters. The van der Waals surface area contributed by atoms with Gasteiger partial charge >= 0.3 is 0 Å². The highest BCUT2D eigenvalue weighted by molar-refractivity contribution is 8.00. The van der Waals surface area contributed by atoms with E-state index < -0.39 is 0 Å². The average molecular weight is 411 g/mol. The quantitative estimate of drug-likeness (QED) is 0.754. The fourth-order valence-corrected chi connectivity index (χ4v) is 5.23. The normalized spacial score (nSPS) is 20.0. The number of ether oxygens (including phenoxy) is 1. The maximum absolute atomic E-state index is 12.6. The Labute approximate surface area is 175 Å². The van der Waals surface area contributed by atoms with E-state index in [1.165, 1.54) is 6.42 Å². The molecule has 0 unspecified atom stereocenters. The summed E-state index contributed by atoms with van der Waals surface area (Å²) in [5, 5.41) is 2.97. The van der Waals surface area contributed by atoms with Gasteiger partial charge in [0.25, 0.3) is 0 Å². The van der Waals surface area contributed by atoms with Gasteiger partial charge in [0, 0.05) is 23.4 Å². The predicted molar refractivity (Wildman–Crippen MR) is 117 cm³/mol. The van der Waals surface area contributed by atoms with Crippen LogP contribution in [0.1, 0.15) is 43.0 Å². The summed E-state index contributed by atoms with van der Waals surface area (Å²) in [6.45, 7) is 0. The van der Waals surface area contributed by atoms with Crippen molar-refractivity contribution in [2.45, 2.75) is 37.5 Å². The van der Waals surface area contributed by atoms with E-state index in [2.05, 4.69) is 5.32 Å². The number of hydrogen-bond donors (Lipinski definition) is 1. The number of carbonyl (C=O) groups is 2. The van der Waals surface area contributed by atoms with Crippen molar-refractivity contribution in [2.75, 3.05) is 23.1 Å². The molecule has 4 rings (SSSR count). The standard InChI is InChI=1S/C23H26N2O3S/c1-28-20-9-5-8-19(14-20)25-21(26)15-29-23(25)17-10-12-18(13-11-17)24-22(27)16-6-3-2-4-7-16/h5,8-14,16,23H,2-4,6-7,15H2,1H3,(H,24,27)/t23-/m0/s1. The fraction of sp³-hybridized carbons (Fsp3) is 0.391. The van der Waals surface area contributed by atoms with Crippen LogP contribution in [0.15, 0.2) is 48.5 Å². The van der Waals surface area contributed by atoms with Crippen LogP contribution in [0.2, 0.25) is 0 Å². The maximum Gasteiger partial charge on any atom is 0.238 e. The molecule has 0 spiro atoms. The van der Waals surface area contributed by atoms with Crippen LogP contribution >= 0.6 is 11.8 Å². The second kappa shape index (κ2) is 8.91. The lowest BCUT2D eigenvalue weighted by molar-refractivity contribution is -0.120. The molecule has 1 heterocycles. The van der Waals surface area contributed by atoms with Crippen LogP contribution < -0.4 is 15.0 Å². The summed E-state index contributed by atoms with van der Waals surface area (Å²) in [5.74, 6) is 1.52. The minimum atomic E-state index is -0.0855. The lowest BCUT2D eigenvalue weighted by atomic mass is 9.88. The minimum Gasteiger partial charge on any atom is -0.497 e. The van der Waals surface area contributed by atoms with E-state index in [4.69, 9.17) is 4.74 Å². The Morgan fingerprint density at radius 1 is 1.10 bits per heavy atom. The third-order valence-corrected chi connectivity index (χ3v) is 6.85. The van der Waals surface area contributed by atoms with E-state index in [1.807, 2.05) is 53.4 Å². The third-order valence-electron chi connectivity index (χ3n) is 5.64. The number of methoxy groups -OCH3 is 1. The van der Waals surface area contributed by atoms with Gasteiger partial charge in [0.2, 0.25) is 11.8 Å². The summed E-state index contributed by atoms with van der Waals surface area (Å²) >= 11 is 1.61. The van der Waals surface area contributed by atoms with Gasteiger partial charge in [-0.05, 0) is 42.7 Å². The summed E-state index contributed by atoms with van der Waals surface area (Å²) in [5.41, 5.74) is 2.69. The highest BCUT2D eigenvalue weighted by atomic mass is 32.2. The van der Waals surface area contributed by atoms with Gasteiger partial charge in [-0.1, -0.05) is 37.5 Å². The predicted octanol–water partition coefficient (Wildman–Crippen LogP) is 4.99. The highest BCUT2D eigenvalue weighted by Crippen LogP contribution is 2.42. The number of thioether (sulfide) groups is 1. The number of rotatable bonds is 5. The first-order valence-corrected chi connectivity index (χ1v) is 11.2. The van der Waals surface area contributed by atoms with Gasteiger partial charge in [-0.3, -0.25) is 14.5 Å². The van der Waals surface area contributed by atoms with E-state index in [9.17, 15) is 9.59 Å². The largest absolute Gasteiger partial charge is 0.497 e. The highest BCUT2D eigenvalue weighted by Gasteiger charge is 2.34. The topological polar surface area (TPSA) is 58.6 Å². The molecule has 2 aromatic rings. The van der Waals surface area contributed by atoms with E-state index in [0.717, 1.165) is 48.4 Å². The second-order valence-corrected chi connectivity index (χ2v) is 8.64. The molecule has 1 saturated carbocycles. The van der Waals surface area contributed by atoms with Crippen LogP contribution in [0.4, 0.5) is 11.4 Å². The summed E-state index contributed by atoms with van der Waals surface area (Å²) in [6.07, 6.45) is 5.49. The van der Waals surface area contributed by atoms with Crippen molar-refractivity contribution >= 4 is 35.0 Å². The first-order valence-electron chi connectivity index (χ1n) is 10.1. The summed E-state index contributed by atoms with van der Waals surface area (Å²) < 4.78 is 5.31. The summed E-state index contributed by atoms with van der Waals surface area (Å²) in [4.78, 5) is 26.8. The number of hydrogen-bond acceptors (Lipinski definition) is 4. The minimum absolute atomic E-state index is 0.0855. The zero-order valence-corrected chi connectivity index (χ0v) is 17.4. The van der Waals surface area contributed by atoms with Gasteiger partial charge in [-0.15, -0.1) is 11.8 Å². The Morgan fingerprint density at radius 2 is 1.86 bits per heavy atom. The Morgan fingerprint density at radius 3 is 2.59 bits per heavy atom. The first kappa shape index (κ1) is 19.8. The Bertz CT molecular complexity index is 878. The number of anilines is 2. The van der Waals surface area contributed by atoms with Gasteiger partial charge in [0.1, 0.15) is 11.1 Å². The molecule has 0 aromatic heterocycles. The van der Waals surface area contributed by atoms with Crippen molar-refractivity contribution in [3.63, 3.8) is 0 Å². The molecule has 6 heteroatoms. The summed E-state index contributed by atoms with van der Waals surface area (Å²) in [6, 6.07) is 15.4. The Hall–Kier alpha value is -2.47. The molecule has 2 aliphatic rings. The molecule has 29 heavy (non-hydrogen) atoms. The van der Waals surface area contributed by atoms with E-state index in [0.29, 0.717) is 5.75 Å². The van der Waals surface area contributed by atoms with Crippen LogP contribution in [-0.4, -0.2) is 24.7 Å². The second-order valence-electron chi connectivity index (χ2n) is 7.57. The monoisotopic (exact) mass is 410 g/mol. The van der Waals surface area contributed by atoms with Crippen molar-refractivity contribution in [3.8, 4) is 5.75 Å². The Balaban J connectivity index is 1.48. The van der Waals surface area contributed by atoms with Crippen molar-refractivity contribution in [1.82, 2.24) is 0 Å². The molecule has 1 aliphatic heterocycles. The molecule has 1 N–H and O–H groups in total. The third kappa shape index (κ3) is 4.42. The molecular formula is C23H26N2O3S. The maximum atomic E-state index is 12.6. The molecule has 5 nitrogen and oxygen atoms in total. The molecular weight excluding hydrogens is 384 g/mol. The smallest absolute Gasteiger partial charge is 0.238 e. The van der Waals surface area contributed by atoms with Gasteiger partial charge < -0.3 is 10.1 Å². The average Bonchev–Trinajstić information content (AvgIpc) is 3.16. The van der Waals surface area contributed by atoms with E-state index in [-0.39, 0.29) is 23.1 Å². The van der Waals surface area contributed by atoms with E-state index in [1.54, 1.807) is 18.9 Å². The fourth-order valence-electron chi connectivity index (χ4n) is 4.05. The van der Waals surface area contributed by atoms with Crippen LogP contribution in [0, 0.1) is 5.92 Å². The molecule has 0 bridgehead atoms. The molecule has 1 saturated heterocycles. The van der Waals surface area contributed by atoms with Gasteiger partial charge in [-0.2, -0.15) is 0 Å². The number of nitrogens with zero attached hydrogens (tertiary/aromatic N) is 1. The lowest BCUT2D eigenvalue weighted by Gasteiger charge is -2.25. The van der Waals surface area contributed by atoms with Crippen molar-refractivity contribution < 1.29 is 14.3 Å². The zero-order chi connectivity index (χ0) is 20.2. The molecule has 1 aliphatic carbocycles. The van der Waals surface area contributed by atoms with Crippen LogP contribution in [0.25, 0.3) is 0 Å². The Kier molecular flexibility index (Phi) is 6.09. The number of carbonyl (C=O) groups excluding carboxylic acids is 2. The van der Waals surface area contributed by atoms with E-state index >= 15 is 0 Å². The van der Waals surface area contributed by atoms with Crippen molar-refractivity contribution in [1.29, 1.82) is 0 Å². The lowest BCUT2D eigenvalue weighted by Crippen LogP contribution is -2.27. The molecule has 2 fully saturated rings. The number of amides is 2. The summed E-state index contributed by atoms with van der Waals surface area (Å²) in [7, 11) is 1.62. The van der Waals surface area contributed by atoms with Crippen molar-refractivity contribution in [3.05, 3.63) is 54.1 Å². The molecule has 152 valence electrons. The zero-order valence-electron chi connectivity index (χ0n) is 16.6. The van der Waals surface area contributed by atoms with Gasteiger partial charge in [-0.25, -0.2) is 0 Å². The van der Waals surface area contributed by atoms with Crippen LogP contribution in [0.5, 0.6) is 5.75 Å². The van der Waals surface area contributed by atoms with Gasteiger partial charge in [0.15, 0.2) is 0 Å². The SMILES string of the molecule is COc1cccc(N2C(=O)CS[C@H]2c2ccc(NC(=O)C3CCCCC3)cc2)c1. The van der Waals surface area contributed by atoms with Crippen LogP contribution in [0.3, 0.4) is 0 Å². The first-order chi connectivity index (χ1) is 14.2. The number of benzene rings is 2. The molecule has 0 radical (unpaired) electrons. The molecule has 2 aromatic carbocycles. The number of nitrogens with one attached hydrogen (secondary N) is 1. The van der Waals surface area contributed by atoms with Gasteiger partial charge in [0.05, 0.1) is 12.9 Å².